The monoisotopic (exact) mass is 223 g/mol. The molecule has 5 atom stereocenters. The van der Waals surface area contributed by atoms with Crippen molar-refractivity contribution in [2.75, 3.05) is 0 Å². The number of carboxylic acid groups (broad SMARTS) is 1. The van der Waals surface area contributed by atoms with E-state index in [4.69, 9.17) is 5.11 Å². The molecule has 0 radical (unpaired) electrons. The summed E-state index contributed by atoms with van der Waals surface area (Å²) in [6.07, 6.45) is 5.46. The van der Waals surface area contributed by atoms with E-state index >= 15 is 0 Å². The van der Waals surface area contributed by atoms with Crippen molar-refractivity contribution in [1.82, 2.24) is 5.32 Å². The number of hydrogen-bond donors (Lipinski definition) is 2. The second kappa shape index (κ2) is 3.47. The molecule has 0 aromatic rings. The standard InChI is InChI=1S/C12H17NO3/c14-11(8-5-9(8)12(15)16)13-10-4-6-1-2-7(10)3-6/h6-10H,1-5H2,(H,13,14)(H,15,16)/t6?,7?,8-,9+,10?/m1/s1. The molecule has 4 heteroatoms. The average molecular weight is 223 g/mol. The number of amides is 1. The topological polar surface area (TPSA) is 66.4 Å². The van der Waals surface area contributed by atoms with Crippen molar-refractivity contribution in [3.8, 4) is 0 Å². The molecule has 3 unspecified atom stereocenters. The minimum Gasteiger partial charge on any atom is -0.481 e. The van der Waals surface area contributed by atoms with Gasteiger partial charge in [-0.1, -0.05) is 6.42 Å². The van der Waals surface area contributed by atoms with Crippen LogP contribution in [0.5, 0.6) is 0 Å². The molecule has 88 valence electrons. The fourth-order valence-electron chi connectivity index (χ4n) is 3.47. The maximum atomic E-state index is 11.8. The van der Waals surface area contributed by atoms with Crippen LogP contribution in [0.2, 0.25) is 0 Å². The molecule has 0 saturated heterocycles. The highest BCUT2D eigenvalue weighted by Crippen LogP contribution is 2.45. The Morgan fingerprint density at radius 2 is 1.88 bits per heavy atom. The Hall–Kier alpha value is -1.06. The Kier molecular flexibility index (Phi) is 2.19. The molecule has 3 saturated carbocycles. The van der Waals surface area contributed by atoms with Gasteiger partial charge in [0.05, 0.1) is 11.8 Å². The Morgan fingerprint density at radius 1 is 1.06 bits per heavy atom. The molecule has 16 heavy (non-hydrogen) atoms. The van der Waals surface area contributed by atoms with Gasteiger partial charge in [-0.2, -0.15) is 0 Å². The summed E-state index contributed by atoms with van der Waals surface area (Å²) < 4.78 is 0. The SMILES string of the molecule is O=C(O)[C@H]1C[C@H]1C(=O)NC1CC2CCC1C2. The van der Waals surface area contributed by atoms with Gasteiger partial charge in [-0.25, -0.2) is 0 Å². The summed E-state index contributed by atoms with van der Waals surface area (Å²) >= 11 is 0. The number of carbonyl (C=O) groups is 2. The fourth-order valence-corrected chi connectivity index (χ4v) is 3.47. The molecule has 3 aliphatic carbocycles. The summed E-state index contributed by atoms with van der Waals surface area (Å²) in [5, 5.41) is 11.8. The second-order valence-corrected chi connectivity index (χ2v) is 5.58. The van der Waals surface area contributed by atoms with E-state index < -0.39 is 11.9 Å². The smallest absolute Gasteiger partial charge is 0.307 e. The third-order valence-corrected chi connectivity index (χ3v) is 4.51. The van der Waals surface area contributed by atoms with Crippen molar-refractivity contribution in [3.05, 3.63) is 0 Å². The molecule has 0 heterocycles. The Balaban J connectivity index is 1.53. The minimum absolute atomic E-state index is 0.0232. The maximum absolute atomic E-state index is 11.8. The number of carboxylic acids is 1. The van der Waals surface area contributed by atoms with E-state index in [0.717, 1.165) is 12.3 Å². The molecular formula is C12H17NO3. The molecule has 0 aromatic heterocycles. The summed E-state index contributed by atoms with van der Waals surface area (Å²) in [7, 11) is 0. The van der Waals surface area contributed by atoms with Crippen LogP contribution in [-0.2, 0) is 9.59 Å². The van der Waals surface area contributed by atoms with Crippen LogP contribution in [0.25, 0.3) is 0 Å². The highest BCUT2D eigenvalue weighted by atomic mass is 16.4. The quantitative estimate of drug-likeness (QED) is 0.750. The Morgan fingerprint density at radius 3 is 2.38 bits per heavy atom. The van der Waals surface area contributed by atoms with Crippen LogP contribution in [-0.4, -0.2) is 23.0 Å². The number of fused-ring (bicyclic) bond motifs is 2. The van der Waals surface area contributed by atoms with Crippen LogP contribution >= 0.6 is 0 Å². The molecule has 2 N–H and O–H groups in total. The molecule has 3 fully saturated rings. The largest absolute Gasteiger partial charge is 0.481 e. The van der Waals surface area contributed by atoms with Crippen LogP contribution in [0, 0.1) is 23.7 Å². The van der Waals surface area contributed by atoms with Crippen molar-refractivity contribution in [3.63, 3.8) is 0 Å². The summed E-state index contributed by atoms with van der Waals surface area (Å²) in [4.78, 5) is 22.4. The van der Waals surface area contributed by atoms with Crippen molar-refractivity contribution >= 4 is 11.9 Å². The fraction of sp³-hybridized carbons (Fsp3) is 0.833. The normalized spacial score (nSPS) is 44.4. The van der Waals surface area contributed by atoms with Gasteiger partial charge in [-0.15, -0.1) is 0 Å². The van der Waals surface area contributed by atoms with E-state index in [1.807, 2.05) is 0 Å². The number of rotatable bonds is 3. The Bertz CT molecular complexity index is 341. The van der Waals surface area contributed by atoms with E-state index in [1.54, 1.807) is 0 Å². The maximum Gasteiger partial charge on any atom is 0.307 e. The van der Waals surface area contributed by atoms with Crippen LogP contribution < -0.4 is 5.32 Å². The average Bonchev–Trinajstić information content (AvgIpc) is 2.81. The lowest BCUT2D eigenvalue weighted by atomic mass is 9.95. The second-order valence-electron chi connectivity index (χ2n) is 5.58. The third kappa shape index (κ3) is 1.60. The van der Waals surface area contributed by atoms with Gasteiger partial charge >= 0.3 is 5.97 Å². The molecule has 1 amide bonds. The van der Waals surface area contributed by atoms with Crippen molar-refractivity contribution in [2.45, 2.75) is 38.1 Å². The molecule has 2 bridgehead atoms. The molecule has 4 nitrogen and oxygen atoms in total. The van der Waals surface area contributed by atoms with Gasteiger partial charge in [0.1, 0.15) is 0 Å². The van der Waals surface area contributed by atoms with Gasteiger partial charge in [0.25, 0.3) is 0 Å². The van der Waals surface area contributed by atoms with E-state index in [2.05, 4.69) is 5.32 Å². The lowest BCUT2D eigenvalue weighted by molar-refractivity contribution is -0.140. The summed E-state index contributed by atoms with van der Waals surface area (Å²) in [5.41, 5.74) is 0. The zero-order valence-electron chi connectivity index (χ0n) is 9.19. The predicted molar refractivity (Wildman–Crippen MR) is 56.6 cm³/mol. The van der Waals surface area contributed by atoms with Gasteiger partial charge in [0.15, 0.2) is 0 Å². The summed E-state index contributed by atoms with van der Waals surface area (Å²) in [5.74, 6) is -0.0472. The highest BCUT2D eigenvalue weighted by Gasteiger charge is 2.50. The van der Waals surface area contributed by atoms with E-state index in [-0.39, 0.29) is 11.8 Å². The van der Waals surface area contributed by atoms with Gasteiger partial charge in [0.2, 0.25) is 5.91 Å². The molecular weight excluding hydrogens is 206 g/mol. The van der Waals surface area contributed by atoms with Gasteiger partial charge in [-0.3, -0.25) is 9.59 Å². The number of aliphatic carboxylic acids is 1. The first-order valence-corrected chi connectivity index (χ1v) is 6.18. The highest BCUT2D eigenvalue weighted by molar-refractivity contribution is 5.89. The zero-order valence-corrected chi connectivity index (χ0v) is 9.19. The molecule has 0 spiro atoms. The minimum atomic E-state index is -0.826. The van der Waals surface area contributed by atoms with Crippen molar-refractivity contribution < 1.29 is 14.7 Å². The number of hydrogen-bond acceptors (Lipinski definition) is 2. The van der Waals surface area contributed by atoms with Gasteiger partial charge in [-0.05, 0) is 37.5 Å². The van der Waals surface area contributed by atoms with E-state index in [1.165, 1.54) is 19.3 Å². The zero-order chi connectivity index (χ0) is 11.3. The molecule has 0 aromatic carbocycles. The van der Waals surface area contributed by atoms with Crippen LogP contribution in [0.15, 0.2) is 0 Å². The first kappa shape index (κ1) is 10.1. The summed E-state index contributed by atoms with van der Waals surface area (Å²) in [6.45, 7) is 0. The van der Waals surface area contributed by atoms with Gasteiger partial charge in [0, 0.05) is 6.04 Å². The molecule has 0 aliphatic heterocycles. The third-order valence-electron chi connectivity index (χ3n) is 4.51. The van der Waals surface area contributed by atoms with Crippen molar-refractivity contribution in [1.29, 1.82) is 0 Å². The molecule has 3 aliphatic rings. The van der Waals surface area contributed by atoms with Crippen LogP contribution in [0.3, 0.4) is 0 Å². The lowest BCUT2D eigenvalue weighted by Crippen LogP contribution is -2.39. The predicted octanol–water partition coefficient (Wildman–Crippen LogP) is 1.01. The first-order valence-electron chi connectivity index (χ1n) is 6.18. The Labute approximate surface area is 94.4 Å². The van der Waals surface area contributed by atoms with E-state index in [9.17, 15) is 9.59 Å². The summed E-state index contributed by atoms with van der Waals surface area (Å²) in [6, 6.07) is 0.335. The first-order chi connectivity index (χ1) is 7.65. The lowest BCUT2D eigenvalue weighted by Gasteiger charge is -2.22. The van der Waals surface area contributed by atoms with Crippen LogP contribution in [0.4, 0.5) is 0 Å². The van der Waals surface area contributed by atoms with Crippen molar-refractivity contribution in [2.24, 2.45) is 23.7 Å². The van der Waals surface area contributed by atoms with Crippen LogP contribution in [0.1, 0.15) is 32.1 Å². The van der Waals surface area contributed by atoms with Gasteiger partial charge < -0.3 is 10.4 Å². The molecule has 3 rings (SSSR count). The van der Waals surface area contributed by atoms with E-state index in [0.29, 0.717) is 18.4 Å². The number of nitrogens with one attached hydrogen (secondary N) is 1. The number of carbonyl (C=O) groups excluding carboxylic acids is 1.